The number of hydrogen-bond donors (Lipinski definition) is 1. The van der Waals surface area contributed by atoms with Crippen molar-refractivity contribution in [1.82, 2.24) is 10.2 Å². The number of nitrogens with zero attached hydrogens (tertiary/aromatic N) is 2. The van der Waals surface area contributed by atoms with Crippen molar-refractivity contribution in [2.45, 2.75) is 13.3 Å². The summed E-state index contributed by atoms with van der Waals surface area (Å²) in [6, 6.07) is 7.82. The number of carbonyl (C=O) groups excluding carboxylic acids is 1. The molecule has 0 atom stereocenters. The number of carbonyl (C=O) groups is 1. The van der Waals surface area contributed by atoms with E-state index in [9.17, 15) is 4.79 Å². The molecule has 0 fully saturated rings. The van der Waals surface area contributed by atoms with Gasteiger partial charge in [-0.3, -0.25) is 4.79 Å². The molecular weight excluding hydrogens is 309 g/mol. The molecule has 21 heavy (non-hydrogen) atoms. The molecule has 122 valence electrons. The Kier molecular flexibility index (Phi) is 12.4. The summed E-state index contributed by atoms with van der Waals surface area (Å²) in [5, 5.41) is 3.04. The van der Waals surface area contributed by atoms with Crippen LogP contribution < -0.4 is 10.2 Å². The standard InChI is InChI=1S/C15H25N3O.2ClH/c1-5-11-17(3)14-8-6-13(7-9-14)15(19)18(4)12-10-16-2;;/h6-9,16H,5,10-12H2,1-4H3;2*1H. The van der Waals surface area contributed by atoms with E-state index in [1.165, 1.54) is 0 Å². The lowest BCUT2D eigenvalue weighted by atomic mass is 10.1. The molecule has 0 aliphatic rings. The molecule has 1 aromatic carbocycles. The lowest BCUT2D eigenvalue weighted by Gasteiger charge is -2.20. The Morgan fingerprint density at radius 1 is 1.10 bits per heavy atom. The summed E-state index contributed by atoms with van der Waals surface area (Å²) in [7, 11) is 5.78. The average Bonchev–Trinajstić information content (AvgIpc) is 2.44. The second kappa shape index (κ2) is 11.7. The Balaban J connectivity index is 0. The van der Waals surface area contributed by atoms with E-state index in [0.29, 0.717) is 6.54 Å². The summed E-state index contributed by atoms with van der Waals surface area (Å²) < 4.78 is 0. The first-order valence-electron chi connectivity index (χ1n) is 6.81. The highest BCUT2D eigenvalue weighted by Gasteiger charge is 2.11. The second-order valence-electron chi connectivity index (χ2n) is 4.80. The molecule has 1 N–H and O–H groups in total. The van der Waals surface area contributed by atoms with Gasteiger partial charge in [0.15, 0.2) is 0 Å². The average molecular weight is 336 g/mol. The molecule has 0 radical (unpaired) electrons. The summed E-state index contributed by atoms with van der Waals surface area (Å²) in [4.78, 5) is 16.1. The van der Waals surface area contributed by atoms with Gasteiger partial charge >= 0.3 is 0 Å². The van der Waals surface area contributed by atoms with Crippen LogP contribution in [0, 0.1) is 0 Å². The van der Waals surface area contributed by atoms with Crippen LogP contribution in [0.4, 0.5) is 5.69 Å². The van der Waals surface area contributed by atoms with Gasteiger partial charge in [-0.2, -0.15) is 0 Å². The quantitative estimate of drug-likeness (QED) is 0.832. The number of nitrogens with one attached hydrogen (secondary N) is 1. The number of rotatable bonds is 7. The fraction of sp³-hybridized carbons (Fsp3) is 0.533. The van der Waals surface area contributed by atoms with Crippen molar-refractivity contribution in [3.8, 4) is 0 Å². The molecule has 0 saturated carbocycles. The van der Waals surface area contributed by atoms with Crippen LogP contribution in [0.1, 0.15) is 23.7 Å². The molecule has 0 aliphatic carbocycles. The van der Waals surface area contributed by atoms with Gasteiger partial charge in [0.1, 0.15) is 0 Å². The van der Waals surface area contributed by atoms with Gasteiger partial charge in [-0.05, 0) is 37.7 Å². The van der Waals surface area contributed by atoms with Gasteiger partial charge in [0.05, 0.1) is 0 Å². The van der Waals surface area contributed by atoms with Crippen LogP contribution in [0.3, 0.4) is 0 Å². The Labute approximate surface area is 140 Å². The van der Waals surface area contributed by atoms with E-state index in [-0.39, 0.29) is 30.7 Å². The lowest BCUT2D eigenvalue weighted by molar-refractivity contribution is 0.0797. The first kappa shape index (κ1) is 22.3. The number of hydrogen-bond acceptors (Lipinski definition) is 3. The van der Waals surface area contributed by atoms with E-state index in [0.717, 1.165) is 30.8 Å². The van der Waals surface area contributed by atoms with Gasteiger partial charge in [0, 0.05) is 45.0 Å². The first-order chi connectivity index (χ1) is 9.10. The summed E-state index contributed by atoms with van der Waals surface area (Å²) in [6.07, 6.45) is 1.12. The fourth-order valence-electron chi connectivity index (χ4n) is 1.92. The maximum atomic E-state index is 12.1. The molecule has 1 aromatic rings. The predicted molar refractivity (Wildman–Crippen MR) is 95.4 cm³/mol. The second-order valence-corrected chi connectivity index (χ2v) is 4.80. The van der Waals surface area contributed by atoms with Gasteiger partial charge in [0.25, 0.3) is 5.91 Å². The number of halogens is 2. The normalized spacial score (nSPS) is 9.33. The smallest absolute Gasteiger partial charge is 0.253 e. The predicted octanol–water partition coefficient (Wildman–Crippen LogP) is 2.67. The van der Waals surface area contributed by atoms with Crippen molar-refractivity contribution in [3.05, 3.63) is 29.8 Å². The van der Waals surface area contributed by atoms with Crippen molar-refractivity contribution < 1.29 is 4.79 Å². The van der Waals surface area contributed by atoms with Crippen LogP contribution in [-0.4, -0.2) is 51.6 Å². The van der Waals surface area contributed by atoms with E-state index < -0.39 is 0 Å². The molecule has 0 aliphatic heterocycles. The van der Waals surface area contributed by atoms with E-state index in [1.54, 1.807) is 4.90 Å². The summed E-state index contributed by atoms with van der Waals surface area (Å²) in [5.74, 6) is 0.0694. The summed E-state index contributed by atoms with van der Waals surface area (Å²) in [6.45, 7) is 4.70. The SMILES string of the molecule is CCCN(C)c1ccc(C(=O)N(C)CCNC)cc1.Cl.Cl. The maximum Gasteiger partial charge on any atom is 0.253 e. The van der Waals surface area contributed by atoms with Crippen LogP contribution >= 0.6 is 24.8 Å². The van der Waals surface area contributed by atoms with Crippen LogP contribution in [0.2, 0.25) is 0 Å². The largest absolute Gasteiger partial charge is 0.375 e. The van der Waals surface area contributed by atoms with Gasteiger partial charge in [-0.15, -0.1) is 24.8 Å². The third-order valence-electron chi connectivity index (χ3n) is 3.16. The minimum Gasteiger partial charge on any atom is -0.375 e. The highest BCUT2D eigenvalue weighted by Crippen LogP contribution is 2.15. The zero-order chi connectivity index (χ0) is 14.3. The highest BCUT2D eigenvalue weighted by atomic mass is 35.5. The Morgan fingerprint density at radius 3 is 2.14 bits per heavy atom. The highest BCUT2D eigenvalue weighted by molar-refractivity contribution is 5.94. The minimum absolute atomic E-state index is 0. The van der Waals surface area contributed by atoms with Crippen LogP contribution in [0.25, 0.3) is 0 Å². The van der Waals surface area contributed by atoms with Gasteiger partial charge in [-0.25, -0.2) is 0 Å². The van der Waals surface area contributed by atoms with Crippen molar-refractivity contribution in [3.63, 3.8) is 0 Å². The molecule has 0 unspecified atom stereocenters. The maximum absolute atomic E-state index is 12.1. The zero-order valence-corrected chi connectivity index (χ0v) is 14.9. The third kappa shape index (κ3) is 7.02. The number of benzene rings is 1. The molecule has 0 saturated heterocycles. The van der Waals surface area contributed by atoms with Crippen molar-refractivity contribution in [1.29, 1.82) is 0 Å². The van der Waals surface area contributed by atoms with Crippen LogP contribution in [0.15, 0.2) is 24.3 Å². The summed E-state index contributed by atoms with van der Waals surface area (Å²) >= 11 is 0. The van der Waals surface area contributed by atoms with E-state index in [1.807, 2.05) is 38.4 Å². The molecule has 0 spiro atoms. The van der Waals surface area contributed by atoms with Gasteiger partial charge < -0.3 is 15.1 Å². The zero-order valence-electron chi connectivity index (χ0n) is 13.3. The number of amides is 1. The van der Waals surface area contributed by atoms with E-state index in [2.05, 4.69) is 24.2 Å². The third-order valence-corrected chi connectivity index (χ3v) is 3.16. The Morgan fingerprint density at radius 2 is 1.67 bits per heavy atom. The van der Waals surface area contributed by atoms with E-state index in [4.69, 9.17) is 0 Å². The first-order valence-corrected chi connectivity index (χ1v) is 6.81. The molecule has 4 nitrogen and oxygen atoms in total. The Bertz CT molecular complexity index is 398. The number of likely N-dealkylation sites (N-methyl/N-ethyl adjacent to an activating group) is 2. The molecule has 0 bridgehead atoms. The molecule has 6 heteroatoms. The van der Waals surface area contributed by atoms with Crippen molar-refractivity contribution in [2.24, 2.45) is 0 Å². The number of anilines is 1. The molecular formula is C15H27Cl2N3O. The van der Waals surface area contributed by atoms with Crippen molar-refractivity contribution in [2.75, 3.05) is 45.7 Å². The topological polar surface area (TPSA) is 35.6 Å². The molecule has 1 amide bonds. The minimum atomic E-state index is 0. The Hall–Kier alpha value is -0.970. The van der Waals surface area contributed by atoms with Crippen LogP contribution in [0.5, 0.6) is 0 Å². The van der Waals surface area contributed by atoms with E-state index >= 15 is 0 Å². The fourth-order valence-corrected chi connectivity index (χ4v) is 1.92. The van der Waals surface area contributed by atoms with Crippen molar-refractivity contribution >= 4 is 36.4 Å². The summed E-state index contributed by atoms with van der Waals surface area (Å²) in [5.41, 5.74) is 1.89. The molecule has 0 heterocycles. The van der Waals surface area contributed by atoms with Gasteiger partial charge in [-0.1, -0.05) is 6.92 Å². The lowest BCUT2D eigenvalue weighted by Crippen LogP contribution is -2.32. The molecule has 1 rings (SSSR count). The monoisotopic (exact) mass is 335 g/mol. The van der Waals surface area contributed by atoms with Crippen LogP contribution in [-0.2, 0) is 0 Å². The molecule has 0 aromatic heterocycles. The van der Waals surface area contributed by atoms with Gasteiger partial charge in [0.2, 0.25) is 0 Å².